The molecule has 3 rings (SSSR count). The first-order chi connectivity index (χ1) is 12.7. The average Bonchev–Trinajstić information content (AvgIpc) is 2.69. The van der Waals surface area contributed by atoms with Gasteiger partial charge in [0.2, 0.25) is 0 Å². The Morgan fingerprint density at radius 1 is 0.885 bits per heavy atom. The van der Waals surface area contributed by atoms with Crippen LogP contribution in [0.5, 0.6) is 5.75 Å². The Bertz CT molecular complexity index is 909. The average molecular weight is 342 g/mol. The Balaban J connectivity index is 1.87. The summed E-state index contributed by atoms with van der Waals surface area (Å²) in [5.41, 5.74) is 3.73. The summed E-state index contributed by atoms with van der Waals surface area (Å²) in [7, 11) is 0. The molecule has 0 unspecified atom stereocenters. The molecule has 0 aliphatic heterocycles. The Hall–Kier alpha value is -3.13. The van der Waals surface area contributed by atoms with Gasteiger partial charge < -0.3 is 4.74 Å². The Labute approximate surface area is 154 Å². The summed E-state index contributed by atoms with van der Waals surface area (Å²) in [6, 6.07) is 25.3. The lowest BCUT2D eigenvalue weighted by Gasteiger charge is -2.14. The van der Waals surface area contributed by atoms with Gasteiger partial charge in [0.15, 0.2) is 5.78 Å². The Morgan fingerprint density at radius 2 is 1.50 bits per heavy atom. The fourth-order valence-electron chi connectivity index (χ4n) is 2.85. The van der Waals surface area contributed by atoms with E-state index < -0.39 is 0 Å². The second-order valence-corrected chi connectivity index (χ2v) is 6.20. The lowest BCUT2D eigenvalue weighted by atomic mass is 10.0. The molecule has 0 N–H and O–H groups in total. The number of Topliss-reactive ketones (excluding diaryl/α,β-unsaturated/α-hetero) is 1. The lowest BCUT2D eigenvalue weighted by Crippen LogP contribution is -2.06. The Kier molecular flexibility index (Phi) is 5.65. The molecule has 130 valence electrons. The number of hydrogen-bond donors (Lipinski definition) is 0. The summed E-state index contributed by atoms with van der Waals surface area (Å²) in [6.45, 7) is 3.97. The standard InChI is InChI=1S/C24H22O2/c1-3-23(20-12-8-5-9-13-20)26-24-15-14-18(2)16-21(24)17-22(25)19-10-6-4-7-11-19/h3-16H,17H2,1-2H3. The van der Waals surface area contributed by atoms with Gasteiger partial charge in [0, 0.05) is 23.1 Å². The van der Waals surface area contributed by atoms with Gasteiger partial charge in [0.1, 0.15) is 11.5 Å². The van der Waals surface area contributed by atoms with Crippen LogP contribution < -0.4 is 4.74 Å². The minimum atomic E-state index is 0.0859. The number of carbonyl (C=O) groups excluding carboxylic acids is 1. The van der Waals surface area contributed by atoms with Gasteiger partial charge >= 0.3 is 0 Å². The SMILES string of the molecule is CC=C(Oc1ccc(C)cc1CC(=O)c1ccccc1)c1ccccc1. The van der Waals surface area contributed by atoms with Gasteiger partial charge in [-0.2, -0.15) is 0 Å². The van der Waals surface area contributed by atoms with Crippen molar-refractivity contribution in [2.24, 2.45) is 0 Å². The molecule has 0 saturated carbocycles. The van der Waals surface area contributed by atoms with Gasteiger partial charge in [-0.3, -0.25) is 4.79 Å². The van der Waals surface area contributed by atoms with Gasteiger partial charge in [0.25, 0.3) is 0 Å². The molecule has 3 aromatic rings. The highest BCUT2D eigenvalue weighted by atomic mass is 16.5. The third kappa shape index (κ3) is 4.28. The maximum absolute atomic E-state index is 12.6. The van der Waals surface area contributed by atoms with Crippen molar-refractivity contribution < 1.29 is 9.53 Å². The molecule has 0 bridgehead atoms. The zero-order chi connectivity index (χ0) is 18.4. The van der Waals surface area contributed by atoms with Crippen molar-refractivity contribution in [3.05, 3.63) is 107 Å². The van der Waals surface area contributed by atoms with Crippen molar-refractivity contribution in [1.82, 2.24) is 0 Å². The third-order valence-electron chi connectivity index (χ3n) is 4.20. The summed E-state index contributed by atoms with van der Waals surface area (Å²) in [5.74, 6) is 1.59. The fourth-order valence-corrected chi connectivity index (χ4v) is 2.85. The maximum Gasteiger partial charge on any atom is 0.167 e. The van der Waals surface area contributed by atoms with Gasteiger partial charge in [-0.1, -0.05) is 78.4 Å². The number of carbonyl (C=O) groups is 1. The van der Waals surface area contributed by atoms with E-state index in [0.717, 1.165) is 28.2 Å². The van der Waals surface area contributed by atoms with E-state index in [-0.39, 0.29) is 5.78 Å². The number of ketones is 1. The van der Waals surface area contributed by atoms with E-state index in [1.165, 1.54) is 0 Å². The van der Waals surface area contributed by atoms with Crippen LogP contribution in [0.25, 0.3) is 5.76 Å². The number of allylic oxidation sites excluding steroid dienone is 1. The zero-order valence-electron chi connectivity index (χ0n) is 15.1. The highest BCUT2D eigenvalue weighted by Crippen LogP contribution is 2.27. The number of ether oxygens (including phenoxy) is 1. The Morgan fingerprint density at radius 3 is 2.12 bits per heavy atom. The first-order valence-corrected chi connectivity index (χ1v) is 8.74. The molecule has 0 heterocycles. The van der Waals surface area contributed by atoms with Crippen molar-refractivity contribution in [2.75, 3.05) is 0 Å². The number of benzene rings is 3. The molecule has 26 heavy (non-hydrogen) atoms. The quantitative estimate of drug-likeness (QED) is 0.414. The predicted octanol–water partition coefficient (Wildman–Crippen LogP) is 5.86. The second kappa shape index (κ2) is 8.30. The molecular weight excluding hydrogens is 320 g/mol. The molecule has 0 saturated heterocycles. The second-order valence-electron chi connectivity index (χ2n) is 6.20. The molecule has 2 nitrogen and oxygen atoms in total. The van der Waals surface area contributed by atoms with Crippen LogP contribution in [0.2, 0.25) is 0 Å². The van der Waals surface area contributed by atoms with E-state index in [2.05, 4.69) is 0 Å². The third-order valence-corrected chi connectivity index (χ3v) is 4.20. The number of rotatable bonds is 6. The van der Waals surface area contributed by atoms with Crippen LogP contribution in [0.15, 0.2) is 84.9 Å². The summed E-state index contributed by atoms with van der Waals surface area (Å²) >= 11 is 0. The van der Waals surface area contributed by atoms with Crippen molar-refractivity contribution in [1.29, 1.82) is 0 Å². The largest absolute Gasteiger partial charge is 0.457 e. The minimum absolute atomic E-state index is 0.0859. The highest BCUT2D eigenvalue weighted by Gasteiger charge is 2.13. The van der Waals surface area contributed by atoms with Crippen molar-refractivity contribution in [3.63, 3.8) is 0 Å². The maximum atomic E-state index is 12.6. The van der Waals surface area contributed by atoms with E-state index in [0.29, 0.717) is 12.0 Å². The zero-order valence-corrected chi connectivity index (χ0v) is 15.1. The summed E-state index contributed by atoms with van der Waals surface area (Å²) in [4.78, 5) is 12.6. The lowest BCUT2D eigenvalue weighted by molar-refractivity contribution is 0.0992. The molecule has 0 radical (unpaired) electrons. The van der Waals surface area contributed by atoms with Gasteiger partial charge in [-0.15, -0.1) is 0 Å². The summed E-state index contributed by atoms with van der Waals surface area (Å²) in [6.07, 6.45) is 2.25. The smallest absolute Gasteiger partial charge is 0.167 e. The molecule has 0 aliphatic rings. The van der Waals surface area contributed by atoms with Crippen LogP contribution in [0, 0.1) is 6.92 Å². The molecule has 3 aromatic carbocycles. The molecule has 0 amide bonds. The van der Waals surface area contributed by atoms with E-state index in [9.17, 15) is 4.79 Å². The first kappa shape index (κ1) is 17.7. The van der Waals surface area contributed by atoms with Crippen LogP contribution in [0.3, 0.4) is 0 Å². The van der Waals surface area contributed by atoms with Crippen LogP contribution in [-0.4, -0.2) is 5.78 Å². The fraction of sp³-hybridized carbons (Fsp3) is 0.125. The van der Waals surface area contributed by atoms with E-state index in [1.807, 2.05) is 98.8 Å². The van der Waals surface area contributed by atoms with E-state index >= 15 is 0 Å². The van der Waals surface area contributed by atoms with Crippen LogP contribution >= 0.6 is 0 Å². The van der Waals surface area contributed by atoms with E-state index in [1.54, 1.807) is 0 Å². The van der Waals surface area contributed by atoms with Gasteiger partial charge in [-0.25, -0.2) is 0 Å². The molecule has 0 atom stereocenters. The minimum Gasteiger partial charge on any atom is -0.457 e. The topological polar surface area (TPSA) is 26.3 Å². The molecule has 0 fully saturated rings. The predicted molar refractivity (Wildman–Crippen MR) is 106 cm³/mol. The van der Waals surface area contributed by atoms with Crippen molar-refractivity contribution in [2.45, 2.75) is 20.3 Å². The van der Waals surface area contributed by atoms with Crippen LogP contribution in [0.4, 0.5) is 0 Å². The highest BCUT2D eigenvalue weighted by molar-refractivity contribution is 5.97. The molecule has 2 heteroatoms. The molecular formula is C24H22O2. The van der Waals surface area contributed by atoms with Crippen molar-refractivity contribution in [3.8, 4) is 5.75 Å². The first-order valence-electron chi connectivity index (χ1n) is 8.74. The normalized spacial score (nSPS) is 11.2. The van der Waals surface area contributed by atoms with Crippen LogP contribution in [-0.2, 0) is 6.42 Å². The number of hydrogen-bond acceptors (Lipinski definition) is 2. The van der Waals surface area contributed by atoms with Crippen molar-refractivity contribution >= 4 is 11.5 Å². The van der Waals surface area contributed by atoms with Gasteiger partial charge in [0.05, 0.1) is 0 Å². The van der Waals surface area contributed by atoms with Gasteiger partial charge in [-0.05, 0) is 26.0 Å². The van der Waals surface area contributed by atoms with Crippen LogP contribution in [0.1, 0.15) is 34.0 Å². The van der Waals surface area contributed by atoms with E-state index in [4.69, 9.17) is 4.74 Å². The number of aryl methyl sites for hydroxylation is 1. The molecule has 0 spiro atoms. The molecule has 0 aromatic heterocycles. The summed E-state index contributed by atoms with van der Waals surface area (Å²) in [5, 5.41) is 0. The monoisotopic (exact) mass is 342 g/mol. The summed E-state index contributed by atoms with van der Waals surface area (Å²) < 4.78 is 6.18. The molecule has 0 aliphatic carbocycles.